The molecule has 0 radical (unpaired) electrons. The maximum atomic E-state index is 12.7. The molecule has 0 spiro atoms. The van der Waals surface area contributed by atoms with Gasteiger partial charge in [0.1, 0.15) is 5.82 Å². The Morgan fingerprint density at radius 1 is 1.44 bits per heavy atom. The summed E-state index contributed by atoms with van der Waals surface area (Å²) < 4.78 is 12.7. The standard InChI is InChI=1S/C13H18FNO2S/c1-10(6-7-16)15-13(17)9-18-8-11-2-4-12(14)5-3-11/h2-5,10,16H,6-9H2,1H3,(H,15,17). The summed E-state index contributed by atoms with van der Waals surface area (Å²) in [6.07, 6.45) is 0.564. The fourth-order valence-electron chi connectivity index (χ4n) is 1.42. The Morgan fingerprint density at radius 2 is 2.11 bits per heavy atom. The van der Waals surface area contributed by atoms with Crippen LogP contribution in [0.5, 0.6) is 0 Å². The third kappa shape index (κ3) is 6.02. The number of hydrogen-bond donors (Lipinski definition) is 2. The van der Waals surface area contributed by atoms with Gasteiger partial charge < -0.3 is 10.4 Å². The molecule has 0 aliphatic heterocycles. The van der Waals surface area contributed by atoms with Crippen LogP contribution in [0.25, 0.3) is 0 Å². The number of aliphatic hydroxyl groups is 1. The number of carbonyl (C=O) groups is 1. The summed E-state index contributed by atoms with van der Waals surface area (Å²) in [5, 5.41) is 11.5. The van der Waals surface area contributed by atoms with Crippen LogP contribution in [0.3, 0.4) is 0 Å². The summed E-state index contributed by atoms with van der Waals surface area (Å²) >= 11 is 1.48. The van der Waals surface area contributed by atoms with Crippen molar-refractivity contribution in [2.24, 2.45) is 0 Å². The summed E-state index contributed by atoms with van der Waals surface area (Å²) in [6.45, 7) is 1.93. The minimum atomic E-state index is -0.251. The average molecular weight is 271 g/mol. The third-order valence-corrected chi connectivity index (χ3v) is 3.39. The molecular formula is C13H18FNO2S. The van der Waals surface area contributed by atoms with E-state index in [-0.39, 0.29) is 24.4 Å². The molecule has 0 bridgehead atoms. The molecule has 0 aliphatic carbocycles. The Labute approximate surface area is 111 Å². The lowest BCUT2D eigenvalue weighted by atomic mass is 10.2. The van der Waals surface area contributed by atoms with Gasteiger partial charge in [-0.05, 0) is 31.0 Å². The Morgan fingerprint density at radius 3 is 2.72 bits per heavy atom. The molecule has 3 nitrogen and oxygen atoms in total. The van der Waals surface area contributed by atoms with E-state index in [2.05, 4.69) is 5.32 Å². The maximum absolute atomic E-state index is 12.7. The SMILES string of the molecule is CC(CCO)NC(=O)CSCc1ccc(F)cc1. The van der Waals surface area contributed by atoms with E-state index in [4.69, 9.17) is 5.11 Å². The third-order valence-electron chi connectivity index (χ3n) is 2.38. The summed E-state index contributed by atoms with van der Waals surface area (Å²) in [7, 11) is 0. The van der Waals surface area contributed by atoms with E-state index < -0.39 is 0 Å². The van der Waals surface area contributed by atoms with Gasteiger partial charge >= 0.3 is 0 Å². The van der Waals surface area contributed by atoms with Crippen molar-refractivity contribution in [1.82, 2.24) is 5.32 Å². The number of halogens is 1. The van der Waals surface area contributed by atoms with Gasteiger partial charge in [-0.25, -0.2) is 4.39 Å². The van der Waals surface area contributed by atoms with Crippen molar-refractivity contribution in [3.63, 3.8) is 0 Å². The first kappa shape index (κ1) is 15.0. The Hall–Kier alpha value is -1.07. The highest BCUT2D eigenvalue weighted by Crippen LogP contribution is 2.12. The minimum absolute atomic E-state index is 0.00563. The molecule has 2 N–H and O–H groups in total. The number of hydrogen-bond acceptors (Lipinski definition) is 3. The summed E-state index contributed by atoms with van der Waals surface area (Å²) in [4.78, 5) is 11.5. The van der Waals surface area contributed by atoms with E-state index in [1.54, 1.807) is 12.1 Å². The average Bonchev–Trinajstić information content (AvgIpc) is 2.32. The molecule has 1 rings (SSSR count). The molecule has 100 valence electrons. The van der Waals surface area contributed by atoms with Crippen LogP contribution in [0.15, 0.2) is 24.3 Å². The van der Waals surface area contributed by atoms with Crippen LogP contribution in [-0.2, 0) is 10.5 Å². The molecule has 18 heavy (non-hydrogen) atoms. The maximum Gasteiger partial charge on any atom is 0.230 e. The van der Waals surface area contributed by atoms with Gasteiger partial charge in [-0.15, -0.1) is 11.8 Å². The van der Waals surface area contributed by atoms with E-state index in [1.807, 2.05) is 6.92 Å². The summed E-state index contributed by atoms with van der Waals surface area (Å²) in [5.74, 6) is 0.761. The predicted octanol–water partition coefficient (Wildman–Crippen LogP) is 1.95. The lowest BCUT2D eigenvalue weighted by molar-refractivity contribution is -0.119. The topological polar surface area (TPSA) is 49.3 Å². The number of benzene rings is 1. The molecular weight excluding hydrogens is 253 g/mol. The molecule has 5 heteroatoms. The Balaban J connectivity index is 2.21. The van der Waals surface area contributed by atoms with Crippen molar-refractivity contribution in [2.75, 3.05) is 12.4 Å². The fraction of sp³-hybridized carbons (Fsp3) is 0.462. The molecule has 1 aromatic carbocycles. The van der Waals surface area contributed by atoms with Crippen LogP contribution in [0.1, 0.15) is 18.9 Å². The normalized spacial score (nSPS) is 12.2. The fourth-order valence-corrected chi connectivity index (χ4v) is 2.22. The van der Waals surface area contributed by atoms with Gasteiger partial charge in [0.05, 0.1) is 5.75 Å². The van der Waals surface area contributed by atoms with Crippen LogP contribution < -0.4 is 5.32 Å². The highest BCUT2D eigenvalue weighted by Gasteiger charge is 2.06. The van der Waals surface area contributed by atoms with E-state index >= 15 is 0 Å². The van der Waals surface area contributed by atoms with Crippen LogP contribution in [-0.4, -0.2) is 29.4 Å². The van der Waals surface area contributed by atoms with Crippen molar-refractivity contribution in [1.29, 1.82) is 0 Å². The molecule has 1 unspecified atom stereocenters. The van der Waals surface area contributed by atoms with E-state index in [0.29, 0.717) is 17.9 Å². The molecule has 0 aliphatic rings. The number of aliphatic hydroxyl groups excluding tert-OH is 1. The minimum Gasteiger partial charge on any atom is -0.396 e. The van der Waals surface area contributed by atoms with Crippen LogP contribution >= 0.6 is 11.8 Å². The van der Waals surface area contributed by atoms with Crippen molar-refractivity contribution in [3.8, 4) is 0 Å². The van der Waals surface area contributed by atoms with Crippen molar-refractivity contribution in [3.05, 3.63) is 35.6 Å². The van der Waals surface area contributed by atoms with Crippen molar-refractivity contribution in [2.45, 2.75) is 25.1 Å². The van der Waals surface area contributed by atoms with Gasteiger partial charge in [0.25, 0.3) is 0 Å². The van der Waals surface area contributed by atoms with Gasteiger partial charge in [0.2, 0.25) is 5.91 Å². The highest BCUT2D eigenvalue weighted by atomic mass is 32.2. The predicted molar refractivity (Wildman–Crippen MR) is 71.9 cm³/mol. The lowest BCUT2D eigenvalue weighted by Gasteiger charge is -2.11. The number of carbonyl (C=O) groups excluding carboxylic acids is 1. The van der Waals surface area contributed by atoms with Gasteiger partial charge in [-0.1, -0.05) is 12.1 Å². The molecule has 0 saturated heterocycles. The van der Waals surface area contributed by atoms with E-state index in [1.165, 1.54) is 23.9 Å². The van der Waals surface area contributed by atoms with Crippen LogP contribution in [0.2, 0.25) is 0 Å². The Kier molecular flexibility index (Phi) is 6.75. The number of amides is 1. The summed E-state index contributed by atoms with van der Waals surface area (Å²) in [6, 6.07) is 6.26. The first-order valence-electron chi connectivity index (χ1n) is 5.84. The second kappa shape index (κ2) is 8.11. The van der Waals surface area contributed by atoms with Gasteiger partial charge in [-0.2, -0.15) is 0 Å². The molecule has 1 atom stereocenters. The van der Waals surface area contributed by atoms with E-state index in [9.17, 15) is 9.18 Å². The monoisotopic (exact) mass is 271 g/mol. The number of thioether (sulfide) groups is 1. The zero-order chi connectivity index (χ0) is 13.4. The van der Waals surface area contributed by atoms with Crippen LogP contribution in [0.4, 0.5) is 4.39 Å². The largest absolute Gasteiger partial charge is 0.396 e. The van der Waals surface area contributed by atoms with Crippen molar-refractivity contribution >= 4 is 17.7 Å². The molecule has 0 aromatic heterocycles. The summed E-state index contributed by atoms with van der Waals surface area (Å²) in [5.41, 5.74) is 0.998. The van der Waals surface area contributed by atoms with Gasteiger partial charge in [0, 0.05) is 18.4 Å². The zero-order valence-corrected chi connectivity index (χ0v) is 11.2. The van der Waals surface area contributed by atoms with Crippen molar-refractivity contribution < 1.29 is 14.3 Å². The zero-order valence-electron chi connectivity index (χ0n) is 10.4. The second-order valence-electron chi connectivity index (χ2n) is 4.10. The highest BCUT2D eigenvalue weighted by molar-refractivity contribution is 7.99. The van der Waals surface area contributed by atoms with E-state index in [0.717, 1.165) is 5.56 Å². The van der Waals surface area contributed by atoms with Crippen LogP contribution in [0, 0.1) is 5.82 Å². The second-order valence-corrected chi connectivity index (χ2v) is 5.09. The smallest absolute Gasteiger partial charge is 0.230 e. The first-order chi connectivity index (χ1) is 8.61. The molecule has 0 saturated carbocycles. The first-order valence-corrected chi connectivity index (χ1v) is 6.99. The van der Waals surface area contributed by atoms with Gasteiger partial charge in [-0.3, -0.25) is 4.79 Å². The Bertz CT molecular complexity index is 370. The molecule has 1 aromatic rings. The number of nitrogens with one attached hydrogen (secondary N) is 1. The molecule has 0 fully saturated rings. The lowest BCUT2D eigenvalue weighted by Crippen LogP contribution is -2.34. The number of rotatable bonds is 7. The molecule has 1 amide bonds. The van der Waals surface area contributed by atoms with Gasteiger partial charge in [0.15, 0.2) is 0 Å². The molecule has 0 heterocycles. The quantitative estimate of drug-likeness (QED) is 0.797.